The first-order valence-corrected chi connectivity index (χ1v) is 37.8. The summed E-state index contributed by atoms with van der Waals surface area (Å²) in [5.74, 6) is -3.63. The van der Waals surface area contributed by atoms with E-state index in [1.54, 1.807) is 12.1 Å². The van der Waals surface area contributed by atoms with Gasteiger partial charge in [-0.1, -0.05) is 46.3 Å². The molecular formula is C75H112O35. The minimum absolute atomic E-state index is 0.0550. The fourth-order valence-corrected chi connectivity index (χ4v) is 20.3. The van der Waals surface area contributed by atoms with Crippen LogP contribution in [0.4, 0.5) is 0 Å². The Labute approximate surface area is 635 Å². The molecule has 6 heterocycles. The van der Waals surface area contributed by atoms with Crippen LogP contribution in [0.25, 0.3) is 6.08 Å². The van der Waals surface area contributed by atoms with Crippen LogP contribution in [0.1, 0.15) is 119 Å². The van der Waals surface area contributed by atoms with Crippen LogP contribution in [0, 0.1) is 50.2 Å². The molecule has 0 unspecified atom stereocenters. The van der Waals surface area contributed by atoms with E-state index < -0.39 is 261 Å². The number of benzene rings is 1. The molecule has 0 bridgehead atoms. The maximum atomic E-state index is 16.2. The fourth-order valence-electron chi connectivity index (χ4n) is 20.3. The SMILES string of the molecule is COc1cc(C=CC(=O)O[C@@H]2[C@H](O)[C@@H](O[C@@H]3O[C@@H](C)[C@H](O[C@@H]4OC[C@@H](O)[C@H](O[C@@H]5OC[C@H](O)[C@H](O)[C@H]5O)[C@H]4O)[C@@H](O[C@@H]4OC[C@](O)(CO)[C@H]4O)[C@H]3O)[C@H](OC(=O)[C@]34CCC(C)(C)C[C@@H]3C3=CC[C@@H]5[C@@]6(C)C[C@H](O)[C@H](O[C@@H]7O[C@H](CO)[C@@H](O)[C@H](O)[C@H]7O)[C@@](C)(C(=O)O)[C@@H]6CC[C@@]5(C)[C@]3(C)CC4)O[C@@H]2C)cc(OC)c1OC. The summed E-state index contributed by atoms with van der Waals surface area (Å²) in [5.41, 5.74) is -6.51. The van der Waals surface area contributed by atoms with Crippen LogP contribution in [0.3, 0.4) is 0 Å². The van der Waals surface area contributed by atoms with Crippen molar-refractivity contribution in [1.29, 1.82) is 0 Å². The highest BCUT2D eigenvalue weighted by atomic mass is 16.8. The highest BCUT2D eigenvalue weighted by Crippen LogP contribution is 2.76. The van der Waals surface area contributed by atoms with Gasteiger partial charge in [0.15, 0.2) is 55.2 Å². The summed E-state index contributed by atoms with van der Waals surface area (Å²) in [6.45, 7) is 11.5. The molecule has 622 valence electrons. The van der Waals surface area contributed by atoms with E-state index in [1.807, 2.05) is 6.92 Å². The van der Waals surface area contributed by atoms with E-state index in [2.05, 4.69) is 33.8 Å². The van der Waals surface area contributed by atoms with E-state index in [4.69, 9.17) is 75.8 Å². The number of allylic oxidation sites excluding steroid dienone is 2. The van der Waals surface area contributed by atoms with Gasteiger partial charge in [0.2, 0.25) is 12.0 Å². The zero-order valence-corrected chi connectivity index (χ0v) is 63.5. The van der Waals surface area contributed by atoms with Crippen LogP contribution in [-0.2, 0) is 76.0 Å². The summed E-state index contributed by atoms with van der Waals surface area (Å²) < 4.78 is 95.8. The number of carbonyl (C=O) groups is 3. The number of fused-ring (bicyclic) bond motifs is 7. The average Bonchev–Trinajstić information content (AvgIpc) is 0.731. The van der Waals surface area contributed by atoms with Gasteiger partial charge in [-0.15, -0.1) is 0 Å². The third kappa shape index (κ3) is 14.7. The molecule has 0 spiro atoms. The molecule has 35 nitrogen and oxygen atoms in total. The number of esters is 2. The second-order valence-corrected chi connectivity index (χ2v) is 33.8. The van der Waals surface area contributed by atoms with Crippen LogP contribution in [0.15, 0.2) is 29.9 Å². The maximum absolute atomic E-state index is 16.2. The van der Waals surface area contributed by atoms with Gasteiger partial charge in [-0.3, -0.25) is 9.59 Å². The molecule has 16 N–H and O–H groups in total. The quantitative estimate of drug-likeness (QED) is 0.0272. The lowest BCUT2D eigenvalue weighted by Gasteiger charge is -2.71. The van der Waals surface area contributed by atoms with Gasteiger partial charge in [0, 0.05) is 6.08 Å². The molecule has 12 rings (SSSR count). The zero-order valence-electron chi connectivity index (χ0n) is 63.5. The molecule has 6 aliphatic heterocycles. The van der Waals surface area contributed by atoms with Crippen molar-refractivity contribution in [3.05, 3.63) is 35.4 Å². The summed E-state index contributed by atoms with van der Waals surface area (Å²) in [4.78, 5) is 44.3. The smallest absolute Gasteiger partial charge is 0.331 e. The Bertz CT molecular complexity index is 3460. The second-order valence-electron chi connectivity index (χ2n) is 33.8. The van der Waals surface area contributed by atoms with Crippen molar-refractivity contribution in [3.63, 3.8) is 0 Å². The highest BCUT2D eigenvalue weighted by Gasteiger charge is 2.73. The highest BCUT2D eigenvalue weighted by molar-refractivity contribution is 5.87. The summed E-state index contributed by atoms with van der Waals surface area (Å²) in [7, 11) is 4.24. The monoisotopic (exact) mass is 1570 g/mol. The largest absolute Gasteiger partial charge is 0.493 e. The van der Waals surface area contributed by atoms with Crippen molar-refractivity contribution in [2.45, 2.75) is 285 Å². The fraction of sp³-hybridized carbons (Fsp3) is 0.827. The summed E-state index contributed by atoms with van der Waals surface area (Å²) >= 11 is 0. The Balaban J connectivity index is 0.850. The molecule has 6 saturated heterocycles. The molecule has 36 atom stereocenters. The van der Waals surface area contributed by atoms with Crippen molar-refractivity contribution in [2.75, 3.05) is 54.4 Å². The number of aliphatic hydroxyl groups excluding tert-OH is 14. The number of carboxylic acid groups (broad SMARTS) is 1. The molecule has 0 amide bonds. The molecule has 4 saturated carbocycles. The van der Waals surface area contributed by atoms with Gasteiger partial charge in [0.25, 0.3) is 0 Å². The first kappa shape index (κ1) is 84.9. The van der Waals surface area contributed by atoms with Crippen molar-refractivity contribution < 1.29 is 172 Å². The Morgan fingerprint density at radius 1 is 0.564 bits per heavy atom. The number of hydrogen-bond donors (Lipinski definition) is 16. The molecule has 11 aliphatic rings. The number of carbonyl (C=O) groups excluding carboxylic acids is 2. The van der Waals surface area contributed by atoms with E-state index in [9.17, 15) is 91.3 Å². The van der Waals surface area contributed by atoms with Gasteiger partial charge >= 0.3 is 17.9 Å². The molecule has 0 radical (unpaired) electrons. The van der Waals surface area contributed by atoms with Gasteiger partial charge in [-0.25, -0.2) is 4.79 Å². The number of rotatable bonds is 21. The second kappa shape index (κ2) is 32.2. The molecule has 35 heteroatoms. The summed E-state index contributed by atoms with van der Waals surface area (Å²) in [6, 6.07) is 3.13. The van der Waals surface area contributed by atoms with Gasteiger partial charge < -0.3 is 157 Å². The Morgan fingerprint density at radius 3 is 1.79 bits per heavy atom. The molecule has 0 aromatic heterocycles. The Kier molecular flexibility index (Phi) is 24.8. The minimum atomic E-state index is -2.29. The first-order chi connectivity index (χ1) is 51.7. The van der Waals surface area contributed by atoms with Crippen LogP contribution in [0.2, 0.25) is 0 Å². The normalized spacial score (nSPS) is 48.7. The predicted octanol–water partition coefficient (Wildman–Crippen LogP) is -2.09. The van der Waals surface area contributed by atoms with Gasteiger partial charge in [0.1, 0.15) is 103 Å². The number of carboxylic acids is 1. The third-order valence-corrected chi connectivity index (χ3v) is 26.9. The number of ether oxygens (including phenoxy) is 16. The molecule has 110 heavy (non-hydrogen) atoms. The van der Waals surface area contributed by atoms with E-state index in [-0.39, 0.29) is 41.4 Å². The summed E-state index contributed by atoms with van der Waals surface area (Å²) in [6.07, 6.45) is -39.2. The van der Waals surface area contributed by atoms with Crippen LogP contribution >= 0.6 is 0 Å². The van der Waals surface area contributed by atoms with Gasteiger partial charge in [0.05, 0.1) is 83.5 Å². The minimum Gasteiger partial charge on any atom is -0.493 e. The molecule has 1 aromatic rings. The van der Waals surface area contributed by atoms with Crippen molar-refractivity contribution in [2.24, 2.45) is 50.2 Å². The average molecular weight is 1570 g/mol. The lowest BCUT2D eigenvalue weighted by molar-refractivity contribution is -0.388. The Hall–Kier alpha value is -4.53. The standard InChI is InChI=1S/C75H112O35/c1-31-53(104-44(81)15-12-33-22-39(95-9)56(97-11)40(23-33)96-10)50(87)58(108-64-52(89)57(107-66-59(90)75(94,29-77)30-100-66)54(32(2)101-64)105-62-51(88)55(38(80)28-99-62)106-61-48(85)45(82)37(79)27-98-61)65(102-31)110-68(93)74-20-18-69(3,4)24-35(74)34-13-14-42-70(5)25-36(78)60(109-63-49(86)47(84)46(83)41(26-76)103-63)73(8,67(91)92)43(70)16-17-72(42,7)71(34,6)19-21-74/h12-13,15,22-23,31-32,35-38,41-43,45-55,57-66,76-80,82-90,94H,14,16-21,24-30H2,1-11H3,(H,91,92)/t31-,32+,35-,36+,37+,38-,41-,42-,43-,45+,46-,47+,48-,49-,50+,51-,52-,53+,54+,55+,57+,58-,59+,60+,61+,62+,63+,64+,65+,66+,70-,71-,72-,73+,74+,75-/m1/s1. The van der Waals surface area contributed by atoms with Crippen molar-refractivity contribution in [1.82, 2.24) is 0 Å². The summed E-state index contributed by atoms with van der Waals surface area (Å²) in [5, 5.41) is 179. The van der Waals surface area contributed by atoms with Crippen molar-refractivity contribution in [3.8, 4) is 17.2 Å². The van der Waals surface area contributed by atoms with Crippen LogP contribution in [0.5, 0.6) is 17.2 Å². The van der Waals surface area contributed by atoms with E-state index in [0.29, 0.717) is 50.5 Å². The number of aliphatic carboxylic acids is 1. The van der Waals surface area contributed by atoms with E-state index >= 15 is 4.79 Å². The predicted molar refractivity (Wildman–Crippen MR) is 370 cm³/mol. The van der Waals surface area contributed by atoms with Crippen molar-refractivity contribution >= 4 is 24.0 Å². The number of methoxy groups -OCH3 is 3. The lowest BCUT2D eigenvalue weighted by atomic mass is 9.33. The van der Waals surface area contributed by atoms with E-state index in [0.717, 1.165) is 11.6 Å². The van der Waals surface area contributed by atoms with Gasteiger partial charge in [-0.2, -0.15) is 0 Å². The van der Waals surface area contributed by atoms with E-state index in [1.165, 1.54) is 48.2 Å². The molecule has 10 fully saturated rings. The first-order valence-electron chi connectivity index (χ1n) is 37.8. The molecule has 5 aliphatic carbocycles. The third-order valence-electron chi connectivity index (χ3n) is 26.9. The zero-order chi connectivity index (χ0) is 80.2. The molecule has 1 aromatic carbocycles. The van der Waals surface area contributed by atoms with Crippen LogP contribution < -0.4 is 14.2 Å². The maximum Gasteiger partial charge on any atom is 0.331 e. The topological polar surface area (TPSA) is 523 Å². The Morgan fingerprint density at radius 2 is 1.15 bits per heavy atom. The molecular weight excluding hydrogens is 1460 g/mol. The number of aliphatic hydroxyl groups is 15. The lowest BCUT2D eigenvalue weighted by Crippen LogP contribution is -2.70. The van der Waals surface area contributed by atoms with Crippen LogP contribution in [-0.4, -0.2) is 326 Å². The van der Waals surface area contributed by atoms with Gasteiger partial charge in [-0.05, 0) is 142 Å². The number of hydrogen-bond acceptors (Lipinski definition) is 34.